The maximum absolute atomic E-state index is 11.5. The van der Waals surface area contributed by atoms with E-state index in [4.69, 9.17) is 4.74 Å². The highest BCUT2D eigenvalue weighted by atomic mass is 16.5. The second kappa shape index (κ2) is 7.08. The van der Waals surface area contributed by atoms with Gasteiger partial charge in [-0.25, -0.2) is 4.79 Å². The number of hydrogen-bond donors (Lipinski definition) is 1. The van der Waals surface area contributed by atoms with Crippen molar-refractivity contribution >= 4 is 16.9 Å². The van der Waals surface area contributed by atoms with Crippen LogP contribution in [0, 0.1) is 0 Å². The summed E-state index contributed by atoms with van der Waals surface area (Å²) in [5, 5.41) is 11.6. The molecule has 0 saturated heterocycles. The van der Waals surface area contributed by atoms with Gasteiger partial charge in [0.25, 0.3) is 0 Å². The second-order valence-corrected chi connectivity index (χ2v) is 6.73. The number of carboxylic acid groups (broad SMARTS) is 1. The molecule has 0 bridgehead atoms. The first-order valence-electron chi connectivity index (χ1n) is 8.88. The Balaban J connectivity index is 1.63. The van der Waals surface area contributed by atoms with Crippen molar-refractivity contribution in [2.75, 3.05) is 0 Å². The van der Waals surface area contributed by atoms with E-state index in [0.717, 1.165) is 40.5 Å². The molecule has 0 aromatic heterocycles. The van der Waals surface area contributed by atoms with E-state index in [0.29, 0.717) is 13.2 Å². The van der Waals surface area contributed by atoms with Gasteiger partial charge in [0.05, 0.1) is 0 Å². The van der Waals surface area contributed by atoms with Gasteiger partial charge in [-0.1, -0.05) is 54.6 Å². The average molecular weight is 347 g/mol. The van der Waals surface area contributed by atoms with Crippen LogP contribution in [0.25, 0.3) is 10.8 Å². The Labute approximate surface area is 152 Å². The summed E-state index contributed by atoms with van der Waals surface area (Å²) in [6.07, 6.45) is 1.06. The van der Waals surface area contributed by atoms with E-state index in [2.05, 4.69) is 6.07 Å². The summed E-state index contributed by atoms with van der Waals surface area (Å²) >= 11 is 0. The van der Waals surface area contributed by atoms with Crippen molar-refractivity contribution in [2.24, 2.45) is 0 Å². The smallest absolute Gasteiger partial charge is 0.407 e. The molecule has 1 aliphatic rings. The lowest BCUT2D eigenvalue weighted by Crippen LogP contribution is -2.30. The van der Waals surface area contributed by atoms with Gasteiger partial charge >= 0.3 is 6.09 Å². The lowest BCUT2D eigenvalue weighted by Gasteiger charge is -2.20. The van der Waals surface area contributed by atoms with Gasteiger partial charge in [-0.3, -0.25) is 0 Å². The Morgan fingerprint density at radius 3 is 2.46 bits per heavy atom. The van der Waals surface area contributed by atoms with Crippen LogP contribution in [0.15, 0.2) is 66.7 Å². The van der Waals surface area contributed by atoms with E-state index in [1.165, 1.54) is 4.90 Å². The Bertz CT molecular complexity index is 919. The molecule has 1 saturated carbocycles. The summed E-state index contributed by atoms with van der Waals surface area (Å²) in [6, 6.07) is 22.3. The van der Waals surface area contributed by atoms with Gasteiger partial charge < -0.3 is 14.7 Å². The molecule has 4 heteroatoms. The summed E-state index contributed by atoms with van der Waals surface area (Å²) in [6.45, 7) is 0.881. The zero-order chi connectivity index (χ0) is 17.9. The fraction of sp³-hybridized carbons (Fsp3) is 0.227. The molecule has 26 heavy (non-hydrogen) atoms. The predicted molar refractivity (Wildman–Crippen MR) is 101 cm³/mol. The van der Waals surface area contributed by atoms with Crippen LogP contribution in [0.4, 0.5) is 4.79 Å². The summed E-state index contributed by atoms with van der Waals surface area (Å²) < 4.78 is 6.10. The highest BCUT2D eigenvalue weighted by Gasteiger charge is 2.32. The van der Waals surface area contributed by atoms with Gasteiger partial charge in [0.2, 0.25) is 0 Å². The Kier molecular flexibility index (Phi) is 4.48. The highest BCUT2D eigenvalue weighted by Crippen LogP contribution is 2.32. The lowest BCUT2D eigenvalue weighted by atomic mass is 10.1. The molecule has 0 unspecified atom stereocenters. The molecule has 0 heterocycles. The van der Waals surface area contributed by atoms with Crippen LogP contribution in [-0.4, -0.2) is 22.1 Å². The second-order valence-electron chi connectivity index (χ2n) is 6.73. The van der Waals surface area contributed by atoms with Crippen LogP contribution >= 0.6 is 0 Å². The standard InChI is InChI=1S/C22H21NO3/c24-22(25)23(19-10-11-19)14-17-12-18-8-4-5-9-20(18)21(13-17)26-15-16-6-2-1-3-7-16/h1-9,12-13,19H,10-11,14-15H2,(H,24,25). The number of rotatable bonds is 6. The van der Waals surface area contributed by atoms with Crippen molar-refractivity contribution in [3.8, 4) is 5.75 Å². The molecule has 3 aromatic rings. The zero-order valence-electron chi connectivity index (χ0n) is 14.5. The summed E-state index contributed by atoms with van der Waals surface area (Å²) in [5.74, 6) is 0.795. The first kappa shape index (κ1) is 16.5. The topological polar surface area (TPSA) is 49.8 Å². The molecule has 1 N–H and O–H groups in total. The lowest BCUT2D eigenvalue weighted by molar-refractivity contribution is 0.139. The number of amides is 1. The summed E-state index contributed by atoms with van der Waals surface area (Å²) in [4.78, 5) is 13.1. The largest absolute Gasteiger partial charge is 0.488 e. The monoisotopic (exact) mass is 347 g/mol. The number of nitrogens with zero attached hydrogens (tertiary/aromatic N) is 1. The minimum atomic E-state index is -0.854. The van der Waals surface area contributed by atoms with Gasteiger partial charge in [0.1, 0.15) is 12.4 Å². The normalized spacial score (nSPS) is 13.5. The van der Waals surface area contributed by atoms with Crippen LogP contribution < -0.4 is 4.74 Å². The maximum Gasteiger partial charge on any atom is 0.407 e. The van der Waals surface area contributed by atoms with Crippen molar-refractivity contribution in [1.29, 1.82) is 0 Å². The number of hydrogen-bond acceptors (Lipinski definition) is 2. The third kappa shape index (κ3) is 3.64. The minimum Gasteiger partial charge on any atom is -0.488 e. The molecule has 0 radical (unpaired) electrons. The summed E-state index contributed by atoms with van der Waals surface area (Å²) in [7, 11) is 0. The molecular formula is C22H21NO3. The Morgan fingerprint density at radius 1 is 1.00 bits per heavy atom. The van der Waals surface area contributed by atoms with Crippen LogP contribution in [0.3, 0.4) is 0 Å². The molecule has 0 aliphatic heterocycles. The first-order chi connectivity index (χ1) is 12.7. The molecule has 1 amide bonds. The number of benzene rings is 3. The fourth-order valence-corrected chi connectivity index (χ4v) is 3.22. The third-order valence-electron chi connectivity index (χ3n) is 4.71. The molecule has 132 valence electrons. The molecule has 3 aromatic carbocycles. The van der Waals surface area contributed by atoms with Crippen LogP contribution in [0.1, 0.15) is 24.0 Å². The molecule has 1 fully saturated rings. The van der Waals surface area contributed by atoms with Crippen molar-refractivity contribution in [2.45, 2.75) is 32.0 Å². The van der Waals surface area contributed by atoms with Gasteiger partial charge in [0.15, 0.2) is 0 Å². The minimum absolute atomic E-state index is 0.160. The van der Waals surface area contributed by atoms with E-state index < -0.39 is 6.09 Å². The van der Waals surface area contributed by atoms with Crippen LogP contribution in [0.2, 0.25) is 0 Å². The zero-order valence-corrected chi connectivity index (χ0v) is 14.5. The number of fused-ring (bicyclic) bond motifs is 1. The quantitative estimate of drug-likeness (QED) is 0.678. The van der Waals surface area contributed by atoms with Crippen LogP contribution in [-0.2, 0) is 13.2 Å². The van der Waals surface area contributed by atoms with Gasteiger partial charge in [-0.15, -0.1) is 0 Å². The van der Waals surface area contributed by atoms with Gasteiger partial charge in [-0.2, -0.15) is 0 Å². The van der Waals surface area contributed by atoms with Gasteiger partial charge in [-0.05, 0) is 41.5 Å². The van der Waals surface area contributed by atoms with Crippen molar-refractivity contribution in [1.82, 2.24) is 4.90 Å². The fourth-order valence-electron chi connectivity index (χ4n) is 3.22. The van der Waals surface area contributed by atoms with Crippen molar-refractivity contribution in [3.63, 3.8) is 0 Å². The molecule has 0 atom stereocenters. The molecule has 4 nitrogen and oxygen atoms in total. The molecule has 4 rings (SSSR count). The molecule has 0 spiro atoms. The summed E-state index contributed by atoms with van der Waals surface area (Å²) in [5.41, 5.74) is 2.06. The Morgan fingerprint density at radius 2 is 1.73 bits per heavy atom. The molecule has 1 aliphatic carbocycles. The first-order valence-corrected chi connectivity index (χ1v) is 8.88. The maximum atomic E-state index is 11.5. The number of carbonyl (C=O) groups is 1. The number of ether oxygens (including phenoxy) is 1. The van der Waals surface area contributed by atoms with E-state index >= 15 is 0 Å². The van der Waals surface area contributed by atoms with Crippen molar-refractivity contribution < 1.29 is 14.6 Å². The average Bonchev–Trinajstić information content (AvgIpc) is 3.50. The highest BCUT2D eigenvalue weighted by molar-refractivity contribution is 5.89. The van der Waals surface area contributed by atoms with Gasteiger partial charge in [0, 0.05) is 18.0 Å². The van der Waals surface area contributed by atoms with E-state index in [-0.39, 0.29) is 6.04 Å². The predicted octanol–water partition coefficient (Wildman–Crippen LogP) is 5.06. The van der Waals surface area contributed by atoms with Crippen molar-refractivity contribution in [3.05, 3.63) is 77.9 Å². The molecular weight excluding hydrogens is 326 g/mol. The van der Waals surface area contributed by atoms with Crippen LogP contribution in [0.5, 0.6) is 5.75 Å². The van der Waals surface area contributed by atoms with E-state index in [1.54, 1.807) is 0 Å². The van der Waals surface area contributed by atoms with E-state index in [9.17, 15) is 9.90 Å². The Hall–Kier alpha value is -3.01. The third-order valence-corrected chi connectivity index (χ3v) is 4.71. The van der Waals surface area contributed by atoms with E-state index in [1.807, 2.05) is 60.7 Å². The SMILES string of the molecule is O=C(O)N(Cc1cc(OCc2ccccc2)c2ccccc2c1)C1CC1.